The summed E-state index contributed by atoms with van der Waals surface area (Å²) in [5.74, 6) is 3.25. The summed E-state index contributed by atoms with van der Waals surface area (Å²) < 4.78 is 5.26. The number of H-pyrrole nitrogens is 1. The molecule has 1 aliphatic heterocycles. The van der Waals surface area contributed by atoms with Crippen LogP contribution in [0.1, 0.15) is 50.2 Å². The number of hydrogen-bond acceptors (Lipinski definition) is 3. The van der Waals surface area contributed by atoms with Crippen molar-refractivity contribution in [3.63, 3.8) is 0 Å². The van der Waals surface area contributed by atoms with Gasteiger partial charge < -0.3 is 9.72 Å². The van der Waals surface area contributed by atoms with Gasteiger partial charge in [0.05, 0.1) is 18.8 Å². The molecule has 0 bridgehead atoms. The Morgan fingerprint density at radius 1 is 1.74 bits per heavy atom. The molecule has 2 rings (SSSR count). The molecular weight excluding hydrogens is 242 g/mol. The molecule has 1 aliphatic rings. The largest absolute Gasteiger partial charge is 0.449 e. The third kappa shape index (κ3) is 3.08. The standard InChI is InChI=1S/C14H19N3O2/c1-3-5-9-19-14(18)17-8-6-7-12(17)13-15-10-11(4-2)16-13/h2,10,12H,3,5-9H2,1H3,(H,15,16). The number of nitrogens with zero attached hydrogens (tertiary/aromatic N) is 2. The topological polar surface area (TPSA) is 58.2 Å². The van der Waals surface area contributed by atoms with E-state index in [4.69, 9.17) is 11.2 Å². The van der Waals surface area contributed by atoms with Crippen LogP contribution >= 0.6 is 0 Å². The molecule has 1 amide bonds. The minimum atomic E-state index is -0.255. The van der Waals surface area contributed by atoms with Crippen molar-refractivity contribution in [3.05, 3.63) is 17.7 Å². The second-order valence-electron chi connectivity index (χ2n) is 4.65. The molecule has 5 heteroatoms. The van der Waals surface area contributed by atoms with Crippen molar-refractivity contribution < 1.29 is 9.53 Å². The van der Waals surface area contributed by atoms with Crippen LogP contribution in [0.25, 0.3) is 0 Å². The first-order valence-electron chi connectivity index (χ1n) is 6.71. The second-order valence-corrected chi connectivity index (χ2v) is 4.65. The lowest BCUT2D eigenvalue weighted by atomic mass is 10.2. The zero-order chi connectivity index (χ0) is 13.7. The van der Waals surface area contributed by atoms with Crippen molar-refractivity contribution >= 4 is 6.09 Å². The fraction of sp³-hybridized carbons (Fsp3) is 0.571. The van der Waals surface area contributed by atoms with Gasteiger partial charge in [0.2, 0.25) is 0 Å². The summed E-state index contributed by atoms with van der Waals surface area (Å²) in [5.41, 5.74) is 0.640. The van der Waals surface area contributed by atoms with E-state index in [1.807, 2.05) is 0 Å². The molecule has 1 saturated heterocycles. The fourth-order valence-electron chi connectivity index (χ4n) is 2.24. The van der Waals surface area contributed by atoms with E-state index in [0.717, 1.165) is 31.5 Å². The maximum Gasteiger partial charge on any atom is 0.410 e. The summed E-state index contributed by atoms with van der Waals surface area (Å²) in [6.45, 7) is 3.25. The number of terminal acetylenes is 1. The molecule has 1 N–H and O–H groups in total. The van der Waals surface area contributed by atoms with Crippen LogP contribution in [0.15, 0.2) is 6.20 Å². The van der Waals surface area contributed by atoms with E-state index in [2.05, 4.69) is 22.8 Å². The number of aromatic nitrogens is 2. The number of ether oxygens (including phenoxy) is 1. The van der Waals surface area contributed by atoms with Crippen LogP contribution in [-0.2, 0) is 4.74 Å². The smallest absolute Gasteiger partial charge is 0.410 e. The average Bonchev–Trinajstić information content (AvgIpc) is 3.07. The molecule has 1 atom stereocenters. The fourth-order valence-corrected chi connectivity index (χ4v) is 2.24. The number of hydrogen-bond donors (Lipinski definition) is 1. The summed E-state index contributed by atoms with van der Waals surface area (Å²) in [5, 5.41) is 0. The predicted octanol–water partition coefficient (Wildman–Crippen LogP) is 2.46. The van der Waals surface area contributed by atoms with Gasteiger partial charge in [0.15, 0.2) is 0 Å². The van der Waals surface area contributed by atoms with Gasteiger partial charge in [-0.05, 0) is 19.3 Å². The first kappa shape index (κ1) is 13.5. The summed E-state index contributed by atoms with van der Waals surface area (Å²) in [6.07, 6.45) is 10.4. The third-order valence-electron chi connectivity index (χ3n) is 3.28. The van der Waals surface area contributed by atoms with E-state index in [9.17, 15) is 4.79 Å². The Morgan fingerprint density at radius 2 is 2.58 bits per heavy atom. The second kappa shape index (κ2) is 6.28. The van der Waals surface area contributed by atoms with E-state index >= 15 is 0 Å². The Kier molecular flexibility index (Phi) is 4.45. The van der Waals surface area contributed by atoms with Crippen LogP contribution in [-0.4, -0.2) is 34.1 Å². The number of amides is 1. The number of unbranched alkanes of at least 4 members (excludes halogenated alkanes) is 1. The number of aromatic amines is 1. The molecule has 1 aromatic heterocycles. The van der Waals surface area contributed by atoms with Crippen LogP contribution in [0, 0.1) is 12.3 Å². The number of rotatable bonds is 4. The summed E-state index contributed by atoms with van der Waals surface area (Å²) in [4.78, 5) is 21.0. The van der Waals surface area contributed by atoms with Crippen LogP contribution in [0.3, 0.4) is 0 Å². The van der Waals surface area contributed by atoms with E-state index in [1.54, 1.807) is 11.1 Å². The number of imidazole rings is 1. The Labute approximate surface area is 113 Å². The highest BCUT2D eigenvalue weighted by Crippen LogP contribution is 2.30. The Hall–Kier alpha value is -1.96. The van der Waals surface area contributed by atoms with Gasteiger partial charge in [0, 0.05) is 6.54 Å². The Balaban J connectivity index is 2.00. The normalized spacial score (nSPS) is 18.3. The van der Waals surface area contributed by atoms with Gasteiger partial charge in [-0.15, -0.1) is 6.42 Å². The molecule has 2 heterocycles. The summed E-state index contributed by atoms with van der Waals surface area (Å²) >= 11 is 0. The van der Waals surface area contributed by atoms with Crippen LogP contribution < -0.4 is 0 Å². The van der Waals surface area contributed by atoms with E-state index in [1.165, 1.54) is 0 Å². The van der Waals surface area contributed by atoms with Gasteiger partial charge in [0.25, 0.3) is 0 Å². The van der Waals surface area contributed by atoms with Gasteiger partial charge in [-0.3, -0.25) is 4.90 Å². The highest BCUT2D eigenvalue weighted by atomic mass is 16.6. The zero-order valence-corrected chi connectivity index (χ0v) is 11.2. The van der Waals surface area contributed by atoms with Crippen LogP contribution in [0.5, 0.6) is 0 Å². The van der Waals surface area contributed by atoms with Crippen molar-refractivity contribution in [2.45, 2.75) is 38.6 Å². The zero-order valence-electron chi connectivity index (χ0n) is 11.2. The molecule has 19 heavy (non-hydrogen) atoms. The highest BCUT2D eigenvalue weighted by molar-refractivity contribution is 5.68. The van der Waals surface area contributed by atoms with E-state index in [-0.39, 0.29) is 12.1 Å². The van der Waals surface area contributed by atoms with Crippen molar-refractivity contribution in [1.82, 2.24) is 14.9 Å². The summed E-state index contributed by atoms with van der Waals surface area (Å²) in [7, 11) is 0. The molecular formula is C14H19N3O2. The molecule has 1 unspecified atom stereocenters. The monoisotopic (exact) mass is 261 g/mol. The van der Waals surface area contributed by atoms with E-state index in [0.29, 0.717) is 18.8 Å². The number of likely N-dealkylation sites (tertiary alicyclic amines) is 1. The van der Waals surface area contributed by atoms with Gasteiger partial charge in [-0.25, -0.2) is 9.78 Å². The maximum absolute atomic E-state index is 12.0. The van der Waals surface area contributed by atoms with E-state index < -0.39 is 0 Å². The first-order valence-corrected chi connectivity index (χ1v) is 6.71. The molecule has 1 aromatic rings. The van der Waals surface area contributed by atoms with Crippen LogP contribution in [0.4, 0.5) is 4.79 Å². The summed E-state index contributed by atoms with van der Waals surface area (Å²) in [6, 6.07) is -0.0452. The van der Waals surface area contributed by atoms with Crippen molar-refractivity contribution in [1.29, 1.82) is 0 Å². The predicted molar refractivity (Wildman–Crippen MR) is 71.5 cm³/mol. The molecule has 0 aromatic carbocycles. The van der Waals surface area contributed by atoms with Crippen molar-refractivity contribution in [3.8, 4) is 12.3 Å². The number of carbonyl (C=O) groups is 1. The molecule has 0 spiro atoms. The lowest BCUT2D eigenvalue weighted by Crippen LogP contribution is -2.31. The highest BCUT2D eigenvalue weighted by Gasteiger charge is 2.32. The average molecular weight is 261 g/mol. The molecule has 1 fully saturated rings. The van der Waals surface area contributed by atoms with Crippen molar-refractivity contribution in [2.24, 2.45) is 0 Å². The minimum Gasteiger partial charge on any atom is -0.449 e. The van der Waals surface area contributed by atoms with Gasteiger partial charge in [-0.2, -0.15) is 0 Å². The Morgan fingerprint density at radius 3 is 3.26 bits per heavy atom. The van der Waals surface area contributed by atoms with Gasteiger partial charge in [0.1, 0.15) is 11.5 Å². The molecule has 5 nitrogen and oxygen atoms in total. The van der Waals surface area contributed by atoms with Gasteiger partial charge >= 0.3 is 6.09 Å². The quantitative estimate of drug-likeness (QED) is 0.669. The minimum absolute atomic E-state index is 0.0452. The maximum atomic E-state index is 12.0. The molecule has 0 aliphatic carbocycles. The third-order valence-corrected chi connectivity index (χ3v) is 3.28. The molecule has 102 valence electrons. The lowest BCUT2D eigenvalue weighted by Gasteiger charge is -2.22. The first-order chi connectivity index (χ1) is 9.26. The van der Waals surface area contributed by atoms with Gasteiger partial charge in [-0.1, -0.05) is 19.3 Å². The SMILES string of the molecule is C#Cc1cnc(C2CCCN2C(=O)OCCCC)[nH]1. The molecule has 0 saturated carbocycles. The van der Waals surface area contributed by atoms with Crippen molar-refractivity contribution in [2.75, 3.05) is 13.2 Å². The molecule has 0 radical (unpaired) electrons. The number of carbonyl (C=O) groups excluding carboxylic acids is 1. The Bertz CT molecular complexity index is 475. The number of nitrogens with one attached hydrogen (secondary N) is 1. The van der Waals surface area contributed by atoms with Crippen LogP contribution in [0.2, 0.25) is 0 Å². The lowest BCUT2D eigenvalue weighted by molar-refractivity contribution is 0.0957.